The largest absolute Gasteiger partial charge is 0.507 e. The summed E-state index contributed by atoms with van der Waals surface area (Å²) in [4.78, 5) is 12.0. The fraction of sp³-hybridized carbons (Fsp3) is 0.588. The number of ether oxygens (including phenoxy) is 3. The Morgan fingerprint density at radius 1 is 1.19 bits per heavy atom. The van der Waals surface area contributed by atoms with E-state index in [0.29, 0.717) is 17.5 Å². The highest BCUT2D eigenvalue weighted by atomic mass is 16.7. The number of carbonyl (C=O) groups excluding carboxylic acids is 1. The zero-order valence-corrected chi connectivity index (χ0v) is 14.1. The molecule has 1 aromatic rings. The summed E-state index contributed by atoms with van der Waals surface area (Å²) in [5, 5.41) is 48.7. The molecular formula is C17H22O9. The van der Waals surface area contributed by atoms with Gasteiger partial charge in [-0.2, -0.15) is 0 Å². The Hall–Kier alpha value is -1.75. The van der Waals surface area contributed by atoms with Crippen molar-refractivity contribution in [3.63, 3.8) is 0 Å². The zero-order chi connectivity index (χ0) is 19.0. The van der Waals surface area contributed by atoms with Crippen LogP contribution < -0.4 is 0 Å². The molecule has 0 saturated carbocycles. The lowest BCUT2D eigenvalue weighted by atomic mass is 9.93. The molecule has 0 unspecified atom stereocenters. The van der Waals surface area contributed by atoms with E-state index in [9.17, 15) is 30.3 Å². The van der Waals surface area contributed by atoms with Crippen molar-refractivity contribution in [2.24, 2.45) is 0 Å². The van der Waals surface area contributed by atoms with Gasteiger partial charge in [0.15, 0.2) is 6.29 Å². The van der Waals surface area contributed by atoms with E-state index in [0.717, 1.165) is 0 Å². The van der Waals surface area contributed by atoms with Crippen LogP contribution in [0, 0.1) is 0 Å². The summed E-state index contributed by atoms with van der Waals surface area (Å²) in [5.41, 5.74) is 1.26. The highest BCUT2D eigenvalue weighted by molar-refractivity contribution is 5.95. The first-order chi connectivity index (χ1) is 12.3. The molecule has 6 atom stereocenters. The first-order valence-corrected chi connectivity index (χ1v) is 8.30. The second-order valence-corrected chi connectivity index (χ2v) is 6.53. The second kappa shape index (κ2) is 7.47. The van der Waals surface area contributed by atoms with Gasteiger partial charge in [-0.1, -0.05) is 6.07 Å². The van der Waals surface area contributed by atoms with Crippen LogP contribution in [0.2, 0.25) is 0 Å². The third-order valence-electron chi connectivity index (χ3n) is 4.64. The molecule has 9 heteroatoms. The van der Waals surface area contributed by atoms with Crippen molar-refractivity contribution in [1.82, 2.24) is 0 Å². The molecule has 2 aliphatic rings. The SMILES string of the molecule is C[C@H]1Cc2c(CO[C@@H]3O[C@@H](CO)[C@@H](O)[C@@H](O)[C@H]3O)ccc(O)c2C(=O)O1. The van der Waals surface area contributed by atoms with E-state index >= 15 is 0 Å². The lowest BCUT2D eigenvalue weighted by Gasteiger charge is -2.39. The smallest absolute Gasteiger partial charge is 0.342 e. The molecule has 2 heterocycles. The van der Waals surface area contributed by atoms with E-state index in [1.807, 2.05) is 0 Å². The van der Waals surface area contributed by atoms with Crippen LogP contribution in [0.25, 0.3) is 0 Å². The number of carbonyl (C=O) groups is 1. The van der Waals surface area contributed by atoms with Crippen molar-refractivity contribution in [3.8, 4) is 5.75 Å². The van der Waals surface area contributed by atoms with Gasteiger partial charge in [0.2, 0.25) is 0 Å². The molecule has 0 aliphatic carbocycles. The minimum atomic E-state index is -1.53. The number of benzene rings is 1. The van der Waals surface area contributed by atoms with Gasteiger partial charge in [-0.25, -0.2) is 4.79 Å². The molecular weight excluding hydrogens is 348 g/mol. The number of aliphatic hydroxyl groups excluding tert-OH is 4. The maximum atomic E-state index is 12.0. The summed E-state index contributed by atoms with van der Waals surface area (Å²) in [6.45, 7) is 1.10. The molecule has 2 aliphatic heterocycles. The first-order valence-electron chi connectivity index (χ1n) is 8.30. The van der Waals surface area contributed by atoms with Crippen LogP contribution in [0.1, 0.15) is 28.4 Å². The van der Waals surface area contributed by atoms with Gasteiger partial charge in [-0.15, -0.1) is 0 Å². The van der Waals surface area contributed by atoms with Crippen LogP contribution in [0.5, 0.6) is 5.75 Å². The second-order valence-electron chi connectivity index (χ2n) is 6.53. The highest BCUT2D eigenvalue weighted by Gasteiger charge is 2.44. The van der Waals surface area contributed by atoms with Gasteiger partial charge >= 0.3 is 5.97 Å². The maximum absolute atomic E-state index is 12.0. The van der Waals surface area contributed by atoms with Gasteiger partial charge in [-0.05, 0) is 24.1 Å². The van der Waals surface area contributed by atoms with Crippen LogP contribution in [-0.2, 0) is 27.2 Å². The topological polar surface area (TPSA) is 146 Å². The quantitative estimate of drug-likeness (QED) is 0.413. The fourth-order valence-corrected chi connectivity index (χ4v) is 3.22. The number of rotatable bonds is 4. The summed E-state index contributed by atoms with van der Waals surface area (Å²) in [6, 6.07) is 2.94. The fourth-order valence-electron chi connectivity index (χ4n) is 3.22. The standard InChI is InChI=1S/C17H22O9/c1-7-4-9-8(2-3-10(19)12(9)16(23)25-7)6-24-17-15(22)14(21)13(20)11(5-18)26-17/h2-3,7,11,13-15,17-22H,4-6H2,1H3/t7-,11-,13+,14+,15+,17+/m0/s1. The number of aromatic hydroxyl groups is 1. The predicted octanol–water partition coefficient (Wildman–Crippen LogP) is -1.19. The number of cyclic esters (lactones) is 1. The summed E-state index contributed by atoms with van der Waals surface area (Å²) in [5.74, 6) is -0.806. The van der Waals surface area contributed by atoms with E-state index in [4.69, 9.17) is 14.2 Å². The molecule has 1 fully saturated rings. The number of phenolic OH excluding ortho intramolecular Hbond substituents is 1. The van der Waals surface area contributed by atoms with Crippen molar-refractivity contribution >= 4 is 5.97 Å². The van der Waals surface area contributed by atoms with Crippen LogP contribution >= 0.6 is 0 Å². The number of fused-ring (bicyclic) bond motifs is 1. The molecule has 9 nitrogen and oxygen atoms in total. The molecule has 0 aromatic heterocycles. The summed E-state index contributed by atoms with van der Waals surface area (Å²) in [6.07, 6.45) is -6.82. The third-order valence-corrected chi connectivity index (χ3v) is 4.64. The van der Waals surface area contributed by atoms with Crippen molar-refractivity contribution in [2.45, 2.75) is 56.8 Å². The van der Waals surface area contributed by atoms with Gasteiger partial charge in [0.1, 0.15) is 41.8 Å². The molecule has 0 amide bonds. The van der Waals surface area contributed by atoms with Gasteiger partial charge < -0.3 is 39.7 Å². The monoisotopic (exact) mass is 370 g/mol. The third kappa shape index (κ3) is 3.41. The highest BCUT2D eigenvalue weighted by Crippen LogP contribution is 2.32. The van der Waals surface area contributed by atoms with E-state index in [1.54, 1.807) is 13.0 Å². The zero-order valence-electron chi connectivity index (χ0n) is 14.1. The number of hydrogen-bond acceptors (Lipinski definition) is 9. The molecule has 1 aromatic carbocycles. The average Bonchev–Trinajstić information content (AvgIpc) is 2.60. The van der Waals surface area contributed by atoms with E-state index in [1.165, 1.54) is 6.07 Å². The lowest BCUT2D eigenvalue weighted by molar-refractivity contribution is -0.304. The normalized spacial score (nSPS) is 34.3. The number of hydrogen-bond donors (Lipinski definition) is 5. The molecule has 0 bridgehead atoms. The Balaban J connectivity index is 1.78. The van der Waals surface area contributed by atoms with Crippen LogP contribution in [0.15, 0.2) is 12.1 Å². The number of phenols is 1. The predicted molar refractivity (Wildman–Crippen MR) is 85.2 cm³/mol. The van der Waals surface area contributed by atoms with E-state index in [2.05, 4.69) is 0 Å². The summed E-state index contributed by atoms with van der Waals surface area (Å²) >= 11 is 0. The molecule has 26 heavy (non-hydrogen) atoms. The summed E-state index contributed by atoms with van der Waals surface area (Å²) in [7, 11) is 0. The van der Waals surface area contributed by atoms with Crippen LogP contribution in [0.3, 0.4) is 0 Å². The van der Waals surface area contributed by atoms with Crippen LogP contribution in [-0.4, -0.2) is 74.9 Å². The lowest BCUT2D eigenvalue weighted by Crippen LogP contribution is -2.59. The number of aliphatic hydroxyl groups is 4. The molecule has 1 saturated heterocycles. The molecule has 3 rings (SSSR count). The minimum absolute atomic E-state index is 0.0781. The van der Waals surface area contributed by atoms with Crippen molar-refractivity contribution in [2.75, 3.05) is 6.61 Å². The number of esters is 1. The summed E-state index contributed by atoms with van der Waals surface area (Å²) < 4.78 is 15.9. The van der Waals surface area contributed by atoms with E-state index < -0.39 is 43.3 Å². The Labute approximate surface area is 149 Å². The first kappa shape index (κ1) is 19.0. The van der Waals surface area contributed by atoms with Crippen LogP contribution in [0.4, 0.5) is 0 Å². The minimum Gasteiger partial charge on any atom is -0.507 e. The van der Waals surface area contributed by atoms with Gasteiger partial charge in [0, 0.05) is 6.42 Å². The van der Waals surface area contributed by atoms with Gasteiger partial charge in [0.25, 0.3) is 0 Å². The van der Waals surface area contributed by atoms with Crippen molar-refractivity contribution in [1.29, 1.82) is 0 Å². The molecule has 5 N–H and O–H groups in total. The van der Waals surface area contributed by atoms with Gasteiger partial charge in [-0.3, -0.25) is 0 Å². The average molecular weight is 370 g/mol. The Bertz CT molecular complexity index is 674. The Morgan fingerprint density at radius 3 is 2.62 bits per heavy atom. The van der Waals surface area contributed by atoms with E-state index in [-0.39, 0.29) is 24.0 Å². The van der Waals surface area contributed by atoms with Crippen molar-refractivity contribution < 1.29 is 44.5 Å². The maximum Gasteiger partial charge on any atom is 0.342 e. The van der Waals surface area contributed by atoms with Crippen molar-refractivity contribution in [3.05, 3.63) is 28.8 Å². The van der Waals surface area contributed by atoms with Gasteiger partial charge in [0.05, 0.1) is 13.2 Å². The Kier molecular flexibility index (Phi) is 5.47. The molecule has 0 spiro atoms. The Morgan fingerprint density at radius 2 is 1.92 bits per heavy atom. The molecule has 144 valence electrons. The molecule has 0 radical (unpaired) electrons.